The zero-order chi connectivity index (χ0) is 7.56. The van der Waals surface area contributed by atoms with Gasteiger partial charge in [-0.1, -0.05) is 15.9 Å². The van der Waals surface area contributed by atoms with Gasteiger partial charge in [0.1, 0.15) is 0 Å². The van der Waals surface area contributed by atoms with Crippen LogP contribution in [0.5, 0.6) is 0 Å². The van der Waals surface area contributed by atoms with Gasteiger partial charge in [0, 0.05) is 17.2 Å². The molecule has 1 heterocycles. The van der Waals surface area contributed by atoms with Crippen molar-refractivity contribution in [1.82, 2.24) is 4.98 Å². The van der Waals surface area contributed by atoms with Gasteiger partial charge in [-0.05, 0) is 31.4 Å². The van der Waals surface area contributed by atoms with Gasteiger partial charge in [-0.15, -0.1) is 0 Å². The van der Waals surface area contributed by atoms with Crippen LogP contribution in [0.2, 0.25) is 0 Å². The molecule has 0 aliphatic rings. The molecule has 0 amide bonds. The van der Waals surface area contributed by atoms with Crippen LogP contribution in [0.3, 0.4) is 0 Å². The highest BCUT2D eigenvalue weighted by Crippen LogP contribution is 2.13. The van der Waals surface area contributed by atoms with Gasteiger partial charge in [-0.3, -0.25) is 0 Å². The summed E-state index contributed by atoms with van der Waals surface area (Å²) in [6.45, 7) is 4.26. The van der Waals surface area contributed by atoms with E-state index in [1.807, 2.05) is 0 Å². The lowest BCUT2D eigenvalue weighted by molar-refractivity contribution is 1.10. The minimum atomic E-state index is 1.05. The van der Waals surface area contributed by atoms with Crippen LogP contribution in [0.1, 0.15) is 16.8 Å². The van der Waals surface area contributed by atoms with Gasteiger partial charge in [0.2, 0.25) is 0 Å². The minimum Gasteiger partial charge on any atom is -0.365 e. The first-order valence-electron chi connectivity index (χ1n) is 3.45. The maximum Gasteiger partial charge on any atom is 0.0151 e. The first-order valence-corrected chi connectivity index (χ1v) is 4.57. The van der Waals surface area contributed by atoms with Crippen molar-refractivity contribution in [2.75, 3.05) is 5.33 Å². The second-order valence-corrected chi connectivity index (χ2v) is 3.31. The Balaban J connectivity index is 2.87. The molecule has 1 rings (SSSR count). The molecule has 0 radical (unpaired) electrons. The lowest BCUT2D eigenvalue weighted by atomic mass is 10.1. The number of rotatable bonds is 2. The monoisotopic (exact) mass is 201 g/mol. The zero-order valence-electron chi connectivity index (χ0n) is 6.37. The maximum atomic E-state index is 3.43. The molecule has 0 fully saturated rings. The molecule has 56 valence electrons. The summed E-state index contributed by atoms with van der Waals surface area (Å²) in [5, 5.41) is 1.05. The fourth-order valence-electron chi connectivity index (χ4n) is 1.17. The highest BCUT2D eigenvalue weighted by Gasteiger charge is 2.01. The molecule has 0 aliphatic carbocycles. The van der Waals surface area contributed by atoms with Crippen LogP contribution in [0.25, 0.3) is 0 Å². The molecule has 10 heavy (non-hydrogen) atoms. The number of H-pyrrole nitrogens is 1. The van der Waals surface area contributed by atoms with Gasteiger partial charge in [0.15, 0.2) is 0 Å². The molecule has 0 unspecified atom stereocenters. The van der Waals surface area contributed by atoms with Crippen molar-refractivity contribution in [3.8, 4) is 0 Å². The van der Waals surface area contributed by atoms with Crippen LogP contribution < -0.4 is 0 Å². The Bertz CT molecular complexity index is 196. The van der Waals surface area contributed by atoms with Crippen LogP contribution in [0, 0.1) is 13.8 Å². The summed E-state index contributed by atoms with van der Waals surface area (Å²) in [6.07, 6.45) is 3.19. The summed E-state index contributed by atoms with van der Waals surface area (Å²) >= 11 is 3.43. The molecule has 0 saturated carbocycles. The molecular formula is C8H12BrN. The molecule has 2 heteroatoms. The van der Waals surface area contributed by atoms with Crippen molar-refractivity contribution in [2.45, 2.75) is 20.3 Å². The van der Waals surface area contributed by atoms with E-state index in [9.17, 15) is 0 Å². The number of aromatic nitrogens is 1. The molecular weight excluding hydrogens is 190 g/mol. The summed E-state index contributed by atoms with van der Waals surface area (Å²) in [6, 6.07) is 0. The normalized spacial score (nSPS) is 10.3. The Morgan fingerprint density at radius 3 is 2.60 bits per heavy atom. The topological polar surface area (TPSA) is 15.8 Å². The summed E-state index contributed by atoms with van der Waals surface area (Å²) in [5.74, 6) is 0. The molecule has 0 aromatic carbocycles. The minimum absolute atomic E-state index is 1.05. The highest BCUT2D eigenvalue weighted by molar-refractivity contribution is 9.09. The van der Waals surface area contributed by atoms with Gasteiger partial charge in [-0.25, -0.2) is 0 Å². The molecule has 0 saturated heterocycles. The summed E-state index contributed by atoms with van der Waals surface area (Å²) in [5.41, 5.74) is 4.13. The van der Waals surface area contributed by atoms with Crippen LogP contribution >= 0.6 is 15.9 Å². The first kappa shape index (κ1) is 7.86. The third-order valence-corrected chi connectivity index (χ3v) is 2.17. The number of halogens is 1. The van der Waals surface area contributed by atoms with E-state index in [1.165, 1.54) is 16.8 Å². The molecule has 1 aromatic rings. The Kier molecular flexibility index (Phi) is 2.55. The zero-order valence-corrected chi connectivity index (χ0v) is 7.96. The SMILES string of the molecule is Cc1c[nH]c(C)c1CCBr. The Morgan fingerprint density at radius 1 is 1.50 bits per heavy atom. The molecule has 1 aromatic heterocycles. The number of hydrogen-bond donors (Lipinski definition) is 1. The van der Waals surface area contributed by atoms with Crippen molar-refractivity contribution in [2.24, 2.45) is 0 Å². The Labute approximate surface area is 70.0 Å². The van der Waals surface area contributed by atoms with Crippen molar-refractivity contribution >= 4 is 15.9 Å². The average molecular weight is 202 g/mol. The van der Waals surface area contributed by atoms with Gasteiger partial charge < -0.3 is 4.98 Å². The van der Waals surface area contributed by atoms with Gasteiger partial charge in [0.25, 0.3) is 0 Å². The van der Waals surface area contributed by atoms with E-state index < -0.39 is 0 Å². The van der Waals surface area contributed by atoms with Crippen LogP contribution in [-0.4, -0.2) is 10.3 Å². The smallest absolute Gasteiger partial charge is 0.0151 e. The number of alkyl halides is 1. The lowest BCUT2D eigenvalue weighted by Gasteiger charge is -1.96. The van der Waals surface area contributed by atoms with E-state index in [0.29, 0.717) is 0 Å². The van der Waals surface area contributed by atoms with E-state index in [1.54, 1.807) is 0 Å². The average Bonchev–Trinajstić information content (AvgIpc) is 2.20. The number of nitrogens with one attached hydrogen (secondary N) is 1. The molecule has 0 bridgehead atoms. The summed E-state index contributed by atoms with van der Waals surface area (Å²) < 4.78 is 0. The fourth-order valence-corrected chi connectivity index (χ4v) is 1.56. The Morgan fingerprint density at radius 2 is 2.20 bits per heavy atom. The van der Waals surface area contributed by atoms with Crippen LogP contribution in [-0.2, 0) is 6.42 Å². The van der Waals surface area contributed by atoms with Gasteiger partial charge in [0.05, 0.1) is 0 Å². The molecule has 1 nitrogen and oxygen atoms in total. The van der Waals surface area contributed by atoms with E-state index in [4.69, 9.17) is 0 Å². The molecule has 1 N–H and O–H groups in total. The third-order valence-electron chi connectivity index (χ3n) is 1.78. The maximum absolute atomic E-state index is 3.43. The third kappa shape index (κ3) is 1.43. The van der Waals surface area contributed by atoms with Gasteiger partial charge in [-0.2, -0.15) is 0 Å². The number of hydrogen-bond acceptors (Lipinski definition) is 0. The highest BCUT2D eigenvalue weighted by atomic mass is 79.9. The second-order valence-electron chi connectivity index (χ2n) is 2.51. The van der Waals surface area contributed by atoms with Crippen LogP contribution in [0.15, 0.2) is 6.20 Å². The lowest BCUT2D eigenvalue weighted by Crippen LogP contribution is -1.88. The molecule has 0 aliphatic heterocycles. The molecule has 0 atom stereocenters. The second kappa shape index (κ2) is 3.24. The van der Waals surface area contributed by atoms with Gasteiger partial charge >= 0.3 is 0 Å². The first-order chi connectivity index (χ1) is 4.75. The van der Waals surface area contributed by atoms with Crippen molar-refractivity contribution < 1.29 is 0 Å². The summed E-state index contributed by atoms with van der Waals surface area (Å²) in [7, 11) is 0. The predicted octanol–water partition coefficient (Wildman–Crippen LogP) is 2.57. The largest absolute Gasteiger partial charge is 0.365 e. The summed E-state index contributed by atoms with van der Waals surface area (Å²) in [4.78, 5) is 3.20. The van der Waals surface area contributed by atoms with E-state index in [2.05, 4.69) is 41.0 Å². The van der Waals surface area contributed by atoms with Crippen molar-refractivity contribution in [3.05, 3.63) is 23.0 Å². The number of aromatic amines is 1. The van der Waals surface area contributed by atoms with Crippen LogP contribution in [0.4, 0.5) is 0 Å². The standard InChI is InChI=1S/C8H12BrN/c1-6-5-10-7(2)8(6)3-4-9/h5,10H,3-4H2,1-2H3. The quantitative estimate of drug-likeness (QED) is 0.709. The predicted molar refractivity (Wildman–Crippen MR) is 47.8 cm³/mol. The van der Waals surface area contributed by atoms with Crippen molar-refractivity contribution in [1.29, 1.82) is 0 Å². The fraction of sp³-hybridized carbons (Fsp3) is 0.500. The van der Waals surface area contributed by atoms with E-state index in [-0.39, 0.29) is 0 Å². The Hall–Kier alpha value is -0.240. The van der Waals surface area contributed by atoms with E-state index in [0.717, 1.165) is 11.8 Å². The number of aryl methyl sites for hydroxylation is 2. The molecule has 0 spiro atoms. The van der Waals surface area contributed by atoms with Crippen molar-refractivity contribution in [3.63, 3.8) is 0 Å². The van der Waals surface area contributed by atoms with E-state index >= 15 is 0 Å².